The number of amides is 1. The molecular weight excluding hydrogens is 380 g/mol. The smallest absolute Gasteiger partial charge is 0.257 e. The number of likely N-dealkylation sites (N-methyl/N-ethyl adjacent to an activating group) is 1. The molecule has 0 aliphatic carbocycles. The molecule has 0 fully saturated rings. The van der Waals surface area contributed by atoms with E-state index in [9.17, 15) is 4.79 Å². The van der Waals surface area contributed by atoms with Crippen LogP contribution in [0.25, 0.3) is 0 Å². The maximum atomic E-state index is 11.5. The Hall–Kier alpha value is -3.22. The van der Waals surface area contributed by atoms with Crippen molar-refractivity contribution in [2.24, 2.45) is 4.99 Å². The van der Waals surface area contributed by atoms with Crippen LogP contribution in [0, 0.1) is 6.92 Å². The second-order valence-corrected chi connectivity index (χ2v) is 6.67. The molecule has 7 nitrogen and oxygen atoms in total. The van der Waals surface area contributed by atoms with Crippen LogP contribution in [0.1, 0.15) is 25.0 Å². The van der Waals surface area contributed by atoms with Gasteiger partial charge in [0, 0.05) is 13.1 Å². The van der Waals surface area contributed by atoms with Crippen molar-refractivity contribution in [3.63, 3.8) is 0 Å². The van der Waals surface area contributed by atoms with Crippen LogP contribution in [0.2, 0.25) is 0 Å². The fourth-order valence-corrected chi connectivity index (χ4v) is 2.62. The van der Waals surface area contributed by atoms with Gasteiger partial charge in [-0.1, -0.05) is 29.8 Å². The number of nitrogens with zero attached hydrogens (tertiary/aromatic N) is 1. The predicted molar refractivity (Wildman–Crippen MR) is 120 cm³/mol. The Morgan fingerprint density at radius 2 is 1.70 bits per heavy atom. The van der Waals surface area contributed by atoms with Crippen LogP contribution in [-0.2, 0) is 11.3 Å². The topological polar surface area (TPSA) is 84.0 Å². The lowest BCUT2D eigenvalue weighted by Gasteiger charge is -2.12. The van der Waals surface area contributed by atoms with Gasteiger partial charge in [0.15, 0.2) is 12.6 Å². The average Bonchev–Trinajstić information content (AvgIpc) is 2.75. The molecule has 7 heteroatoms. The molecule has 3 N–H and O–H groups in total. The van der Waals surface area contributed by atoms with E-state index in [0.29, 0.717) is 32.0 Å². The maximum Gasteiger partial charge on any atom is 0.257 e. The van der Waals surface area contributed by atoms with Gasteiger partial charge in [-0.15, -0.1) is 0 Å². The van der Waals surface area contributed by atoms with Crippen LogP contribution in [0.4, 0.5) is 0 Å². The number of aliphatic imine (C=N–C) groups is 1. The van der Waals surface area contributed by atoms with E-state index >= 15 is 0 Å². The molecule has 0 radical (unpaired) electrons. The Morgan fingerprint density at radius 3 is 2.43 bits per heavy atom. The Bertz CT molecular complexity index is 806. The first kappa shape index (κ1) is 23.1. The third kappa shape index (κ3) is 8.86. The highest BCUT2D eigenvalue weighted by Gasteiger charge is 2.03. The minimum atomic E-state index is -0.132. The van der Waals surface area contributed by atoms with E-state index in [1.54, 1.807) is 0 Å². The zero-order chi connectivity index (χ0) is 21.6. The molecule has 2 aromatic rings. The second kappa shape index (κ2) is 13.1. The van der Waals surface area contributed by atoms with Crippen LogP contribution in [0.15, 0.2) is 53.5 Å². The van der Waals surface area contributed by atoms with Crippen molar-refractivity contribution in [3.8, 4) is 11.5 Å². The van der Waals surface area contributed by atoms with Gasteiger partial charge in [-0.25, -0.2) is 4.99 Å². The summed E-state index contributed by atoms with van der Waals surface area (Å²) in [5, 5.41) is 9.21. The number of carbonyl (C=O) groups is 1. The monoisotopic (exact) mass is 412 g/mol. The summed E-state index contributed by atoms with van der Waals surface area (Å²) in [6.07, 6.45) is 0. The van der Waals surface area contributed by atoms with Crippen molar-refractivity contribution < 1.29 is 14.3 Å². The maximum absolute atomic E-state index is 11.5. The number of ether oxygens (including phenoxy) is 2. The molecule has 0 aliphatic rings. The molecule has 0 saturated carbocycles. The molecule has 0 unspecified atom stereocenters. The van der Waals surface area contributed by atoms with E-state index in [4.69, 9.17) is 9.47 Å². The normalized spacial score (nSPS) is 11.0. The number of hydrogen-bond acceptors (Lipinski definition) is 4. The number of carbonyl (C=O) groups excluding carboxylic acids is 1. The molecular formula is C23H32N4O3. The van der Waals surface area contributed by atoms with Gasteiger partial charge in [-0.2, -0.15) is 0 Å². The van der Waals surface area contributed by atoms with Gasteiger partial charge < -0.3 is 25.4 Å². The Kier molecular flexibility index (Phi) is 10.1. The van der Waals surface area contributed by atoms with Crippen LogP contribution in [-0.4, -0.2) is 44.7 Å². The second-order valence-electron chi connectivity index (χ2n) is 6.67. The van der Waals surface area contributed by atoms with Crippen LogP contribution >= 0.6 is 0 Å². The lowest BCUT2D eigenvalue weighted by Crippen LogP contribution is -2.39. The highest BCUT2D eigenvalue weighted by Crippen LogP contribution is 2.14. The van der Waals surface area contributed by atoms with Crippen LogP contribution < -0.4 is 25.4 Å². The van der Waals surface area contributed by atoms with Gasteiger partial charge in [0.2, 0.25) is 0 Å². The molecule has 0 aromatic heterocycles. The lowest BCUT2D eigenvalue weighted by molar-refractivity contribution is -0.122. The number of rotatable bonds is 11. The lowest BCUT2D eigenvalue weighted by atomic mass is 10.2. The fraction of sp³-hybridized carbons (Fsp3) is 0.391. The predicted octanol–water partition coefficient (Wildman–Crippen LogP) is 2.64. The van der Waals surface area contributed by atoms with Crippen molar-refractivity contribution >= 4 is 11.9 Å². The van der Waals surface area contributed by atoms with E-state index in [1.165, 1.54) is 5.56 Å². The summed E-state index contributed by atoms with van der Waals surface area (Å²) >= 11 is 0. The van der Waals surface area contributed by atoms with E-state index < -0.39 is 0 Å². The summed E-state index contributed by atoms with van der Waals surface area (Å²) in [6, 6.07) is 15.6. The molecule has 30 heavy (non-hydrogen) atoms. The molecule has 2 rings (SSSR count). The highest BCUT2D eigenvalue weighted by molar-refractivity contribution is 5.79. The minimum absolute atomic E-state index is 0.00569. The number of guanidine groups is 1. The van der Waals surface area contributed by atoms with E-state index in [-0.39, 0.29) is 12.5 Å². The van der Waals surface area contributed by atoms with Crippen molar-refractivity contribution in [3.05, 3.63) is 59.7 Å². The third-order valence-corrected chi connectivity index (χ3v) is 4.09. The summed E-state index contributed by atoms with van der Waals surface area (Å²) in [6.45, 7) is 8.98. The Labute approximate surface area is 178 Å². The number of nitrogens with one attached hydrogen (secondary N) is 3. The summed E-state index contributed by atoms with van der Waals surface area (Å²) in [5.41, 5.74) is 2.21. The summed E-state index contributed by atoms with van der Waals surface area (Å²) in [7, 11) is 0. The average molecular weight is 413 g/mol. The van der Waals surface area contributed by atoms with Crippen molar-refractivity contribution in [1.29, 1.82) is 0 Å². The Balaban J connectivity index is 1.82. The quantitative estimate of drug-likeness (QED) is 0.300. The van der Waals surface area contributed by atoms with Crippen LogP contribution in [0.3, 0.4) is 0 Å². The zero-order valence-corrected chi connectivity index (χ0v) is 18.0. The first-order valence-electron chi connectivity index (χ1n) is 10.3. The van der Waals surface area contributed by atoms with Crippen LogP contribution in [0.5, 0.6) is 11.5 Å². The molecule has 0 atom stereocenters. The molecule has 0 aliphatic heterocycles. The van der Waals surface area contributed by atoms with Crippen molar-refractivity contribution in [1.82, 2.24) is 16.0 Å². The summed E-state index contributed by atoms with van der Waals surface area (Å²) in [5.74, 6) is 2.10. The number of hydrogen-bond donors (Lipinski definition) is 3. The molecule has 1 amide bonds. The highest BCUT2D eigenvalue weighted by atomic mass is 16.5. The largest absolute Gasteiger partial charge is 0.492 e. The number of aryl methyl sites for hydroxylation is 1. The molecule has 2 aromatic carbocycles. The van der Waals surface area contributed by atoms with Crippen molar-refractivity contribution in [2.75, 3.05) is 32.8 Å². The van der Waals surface area contributed by atoms with Gasteiger partial charge in [-0.3, -0.25) is 4.79 Å². The number of benzene rings is 2. The first-order chi connectivity index (χ1) is 14.6. The van der Waals surface area contributed by atoms with Gasteiger partial charge >= 0.3 is 0 Å². The SMILES string of the molecule is CCNC(=O)COc1cccc(CN=C(NCC)NCCOc2ccc(C)cc2)c1. The summed E-state index contributed by atoms with van der Waals surface area (Å²) in [4.78, 5) is 16.1. The van der Waals surface area contributed by atoms with Crippen molar-refractivity contribution in [2.45, 2.75) is 27.3 Å². The van der Waals surface area contributed by atoms with E-state index in [0.717, 1.165) is 23.8 Å². The Morgan fingerprint density at radius 1 is 0.933 bits per heavy atom. The molecule has 0 heterocycles. The zero-order valence-electron chi connectivity index (χ0n) is 18.0. The minimum Gasteiger partial charge on any atom is -0.492 e. The van der Waals surface area contributed by atoms with Gasteiger partial charge in [0.05, 0.1) is 13.1 Å². The van der Waals surface area contributed by atoms with Gasteiger partial charge in [0.1, 0.15) is 18.1 Å². The van der Waals surface area contributed by atoms with E-state index in [2.05, 4.69) is 27.9 Å². The molecule has 0 saturated heterocycles. The standard InChI is InChI=1S/C23H32N4O3/c1-4-24-22(28)17-30-21-8-6-7-19(15-21)16-27-23(25-5-2)26-13-14-29-20-11-9-18(3)10-12-20/h6-12,15H,4-5,13-14,16-17H2,1-3H3,(H,24,28)(H2,25,26,27). The van der Waals surface area contributed by atoms with Gasteiger partial charge in [0.25, 0.3) is 5.91 Å². The third-order valence-electron chi connectivity index (χ3n) is 4.09. The molecule has 0 bridgehead atoms. The summed E-state index contributed by atoms with van der Waals surface area (Å²) < 4.78 is 11.3. The fourth-order valence-electron chi connectivity index (χ4n) is 2.62. The molecule has 162 valence electrons. The van der Waals surface area contributed by atoms with E-state index in [1.807, 2.05) is 62.4 Å². The van der Waals surface area contributed by atoms with Gasteiger partial charge in [-0.05, 0) is 50.6 Å². The first-order valence-corrected chi connectivity index (χ1v) is 10.3. The molecule has 0 spiro atoms.